The van der Waals surface area contributed by atoms with Crippen LogP contribution in [0.1, 0.15) is 24.1 Å². The van der Waals surface area contributed by atoms with Crippen molar-refractivity contribution in [1.29, 1.82) is 0 Å². The SMILES string of the molecule is CC(C(Cl)c1cccs1)C(C)(F)F. The van der Waals surface area contributed by atoms with Gasteiger partial charge in [-0.15, -0.1) is 22.9 Å². The van der Waals surface area contributed by atoms with Gasteiger partial charge in [-0.25, -0.2) is 8.78 Å². The van der Waals surface area contributed by atoms with Crippen molar-refractivity contribution in [2.45, 2.75) is 25.1 Å². The molecule has 0 bridgehead atoms. The zero-order valence-corrected chi connectivity index (χ0v) is 9.00. The lowest BCUT2D eigenvalue weighted by Crippen LogP contribution is -2.24. The molecule has 0 fully saturated rings. The first-order valence-corrected chi connectivity index (χ1v) is 5.30. The standard InChI is InChI=1S/C9H11ClF2S/c1-6(9(2,11)12)8(10)7-4-3-5-13-7/h3-6,8H,1-2H3. The van der Waals surface area contributed by atoms with E-state index in [9.17, 15) is 8.78 Å². The molecule has 1 heterocycles. The van der Waals surface area contributed by atoms with Gasteiger partial charge in [-0.3, -0.25) is 0 Å². The largest absolute Gasteiger partial charge is 0.249 e. The quantitative estimate of drug-likeness (QED) is 0.671. The second kappa shape index (κ2) is 3.93. The third-order valence-corrected chi connectivity index (χ3v) is 3.75. The molecule has 0 N–H and O–H groups in total. The molecule has 4 heteroatoms. The van der Waals surface area contributed by atoms with Crippen molar-refractivity contribution in [2.75, 3.05) is 0 Å². The fourth-order valence-corrected chi connectivity index (χ4v) is 2.21. The molecule has 2 atom stereocenters. The summed E-state index contributed by atoms with van der Waals surface area (Å²) in [6, 6.07) is 3.60. The summed E-state index contributed by atoms with van der Waals surface area (Å²) in [5.74, 6) is -3.57. The first-order valence-electron chi connectivity index (χ1n) is 3.98. The second-order valence-electron chi connectivity index (χ2n) is 3.16. The van der Waals surface area contributed by atoms with Crippen molar-refractivity contribution in [3.63, 3.8) is 0 Å². The summed E-state index contributed by atoms with van der Waals surface area (Å²) in [6.07, 6.45) is 0. The average molecular weight is 225 g/mol. The van der Waals surface area contributed by atoms with Crippen molar-refractivity contribution in [2.24, 2.45) is 5.92 Å². The second-order valence-corrected chi connectivity index (χ2v) is 4.61. The lowest BCUT2D eigenvalue weighted by molar-refractivity contribution is -0.0336. The summed E-state index contributed by atoms with van der Waals surface area (Å²) >= 11 is 7.32. The van der Waals surface area contributed by atoms with E-state index in [2.05, 4.69) is 0 Å². The topological polar surface area (TPSA) is 0 Å². The van der Waals surface area contributed by atoms with Gasteiger partial charge < -0.3 is 0 Å². The molecule has 74 valence electrons. The maximum absolute atomic E-state index is 12.9. The van der Waals surface area contributed by atoms with Gasteiger partial charge >= 0.3 is 0 Å². The third kappa shape index (κ3) is 2.64. The molecular weight excluding hydrogens is 214 g/mol. The first kappa shape index (κ1) is 10.9. The lowest BCUT2D eigenvalue weighted by Gasteiger charge is -2.23. The molecule has 0 amide bonds. The lowest BCUT2D eigenvalue weighted by atomic mass is 10.00. The van der Waals surface area contributed by atoms with Gasteiger partial charge in [-0.1, -0.05) is 13.0 Å². The molecule has 13 heavy (non-hydrogen) atoms. The summed E-state index contributed by atoms with van der Waals surface area (Å²) in [5, 5.41) is 1.24. The highest BCUT2D eigenvalue weighted by atomic mass is 35.5. The molecule has 0 aliphatic heterocycles. The van der Waals surface area contributed by atoms with Crippen LogP contribution in [0.2, 0.25) is 0 Å². The van der Waals surface area contributed by atoms with Crippen molar-refractivity contribution >= 4 is 22.9 Å². The van der Waals surface area contributed by atoms with Crippen LogP contribution in [0.3, 0.4) is 0 Å². The Morgan fingerprint density at radius 2 is 2.15 bits per heavy atom. The molecule has 0 aliphatic carbocycles. The van der Waals surface area contributed by atoms with Gasteiger partial charge in [0.25, 0.3) is 0 Å². The van der Waals surface area contributed by atoms with Crippen LogP contribution >= 0.6 is 22.9 Å². The number of halogens is 3. The zero-order chi connectivity index (χ0) is 10.1. The van der Waals surface area contributed by atoms with E-state index in [0.29, 0.717) is 0 Å². The normalized spacial score (nSPS) is 17.0. The van der Waals surface area contributed by atoms with Crippen molar-refractivity contribution in [1.82, 2.24) is 0 Å². The number of alkyl halides is 3. The van der Waals surface area contributed by atoms with E-state index < -0.39 is 17.2 Å². The van der Waals surface area contributed by atoms with Crippen LogP contribution in [0.15, 0.2) is 17.5 Å². The number of rotatable bonds is 3. The Morgan fingerprint density at radius 1 is 1.54 bits per heavy atom. The monoisotopic (exact) mass is 224 g/mol. The van der Waals surface area contributed by atoms with Crippen LogP contribution in [0.4, 0.5) is 8.78 Å². The molecule has 1 rings (SSSR count). The van der Waals surface area contributed by atoms with Crippen molar-refractivity contribution < 1.29 is 8.78 Å². The summed E-state index contributed by atoms with van der Waals surface area (Å²) in [6.45, 7) is 2.37. The summed E-state index contributed by atoms with van der Waals surface area (Å²) in [5.41, 5.74) is 0. The fourth-order valence-electron chi connectivity index (χ4n) is 0.952. The molecule has 0 spiro atoms. The molecule has 0 aromatic carbocycles. The van der Waals surface area contributed by atoms with E-state index in [1.54, 1.807) is 6.07 Å². The van der Waals surface area contributed by atoms with Gasteiger partial charge in [0.15, 0.2) is 0 Å². The third-order valence-electron chi connectivity index (χ3n) is 2.05. The number of thiophene rings is 1. The summed E-state index contributed by atoms with van der Waals surface area (Å²) < 4.78 is 25.8. The van der Waals surface area contributed by atoms with Crippen molar-refractivity contribution in [3.05, 3.63) is 22.4 Å². The highest BCUT2D eigenvalue weighted by Crippen LogP contribution is 2.40. The van der Waals surface area contributed by atoms with Gasteiger partial charge in [0.05, 0.1) is 5.38 Å². The molecule has 1 aromatic heterocycles. The molecule has 0 aliphatic rings. The van der Waals surface area contributed by atoms with Crippen molar-refractivity contribution in [3.8, 4) is 0 Å². The molecule has 1 aromatic rings. The van der Waals surface area contributed by atoms with Crippen LogP contribution in [-0.4, -0.2) is 5.92 Å². The average Bonchev–Trinajstić information content (AvgIpc) is 2.51. The predicted molar refractivity (Wildman–Crippen MR) is 52.7 cm³/mol. The summed E-state index contributed by atoms with van der Waals surface area (Å²) in [4.78, 5) is 0.802. The summed E-state index contributed by atoms with van der Waals surface area (Å²) in [7, 11) is 0. The van der Waals surface area contributed by atoms with E-state index in [1.807, 2.05) is 11.4 Å². The maximum atomic E-state index is 12.9. The van der Waals surface area contributed by atoms with E-state index in [4.69, 9.17) is 11.6 Å². The maximum Gasteiger partial charge on any atom is 0.249 e. The van der Waals surface area contributed by atoms with Gasteiger partial charge in [0.2, 0.25) is 5.92 Å². The Morgan fingerprint density at radius 3 is 2.54 bits per heavy atom. The van der Waals surface area contributed by atoms with Crippen LogP contribution < -0.4 is 0 Å². The Bertz CT molecular complexity index is 253. The Balaban J connectivity index is 2.74. The number of hydrogen-bond donors (Lipinski definition) is 0. The minimum absolute atomic E-state index is 0.597. The Hall–Kier alpha value is -0.150. The van der Waals surface area contributed by atoms with Gasteiger partial charge in [-0.05, 0) is 18.4 Å². The van der Waals surface area contributed by atoms with Gasteiger partial charge in [-0.2, -0.15) is 0 Å². The fraction of sp³-hybridized carbons (Fsp3) is 0.556. The minimum Gasteiger partial charge on any atom is -0.207 e. The van der Waals surface area contributed by atoms with E-state index in [1.165, 1.54) is 18.3 Å². The van der Waals surface area contributed by atoms with Crippen LogP contribution in [0.25, 0.3) is 0 Å². The van der Waals surface area contributed by atoms with Crippen LogP contribution in [0, 0.1) is 5.92 Å². The van der Waals surface area contributed by atoms with E-state index in [-0.39, 0.29) is 0 Å². The molecule has 0 saturated carbocycles. The minimum atomic E-state index is -2.73. The first-order chi connectivity index (χ1) is 5.93. The van der Waals surface area contributed by atoms with Crippen LogP contribution in [0.5, 0.6) is 0 Å². The van der Waals surface area contributed by atoms with E-state index in [0.717, 1.165) is 11.8 Å². The highest BCUT2D eigenvalue weighted by molar-refractivity contribution is 7.10. The smallest absolute Gasteiger partial charge is 0.207 e. The molecule has 2 unspecified atom stereocenters. The molecule has 0 saturated heterocycles. The molecule has 0 nitrogen and oxygen atoms in total. The predicted octanol–water partition coefficient (Wildman–Crippen LogP) is 4.32. The zero-order valence-electron chi connectivity index (χ0n) is 7.43. The van der Waals surface area contributed by atoms with Gasteiger partial charge in [0, 0.05) is 10.8 Å². The highest BCUT2D eigenvalue weighted by Gasteiger charge is 2.36. The van der Waals surface area contributed by atoms with Crippen LogP contribution in [-0.2, 0) is 0 Å². The van der Waals surface area contributed by atoms with E-state index >= 15 is 0 Å². The number of hydrogen-bond acceptors (Lipinski definition) is 1. The van der Waals surface area contributed by atoms with Gasteiger partial charge in [0.1, 0.15) is 0 Å². The molecule has 0 radical (unpaired) electrons. The Labute approximate surface area is 85.5 Å². The molecular formula is C9H11ClF2S. The Kier molecular flexibility index (Phi) is 3.30.